The first kappa shape index (κ1) is 23.8. The van der Waals surface area contributed by atoms with Crippen LogP contribution in [-0.2, 0) is 51.1 Å². The van der Waals surface area contributed by atoms with E-state index < -0.39 is 17.9 Å². The summed E-state index contributed by atoms with van der Waals surface area (Å²) >= 11 is 0. The van der Waals surface area contributed by atoms with E-state index in [1.807, 2.05) is 0 Å². The maximum atomic E-state index is 8.89. The van der Waals surface area contributed by atoms with Crippen LogP contribution < -0.4 is 15.3 Å². The third kappa shape index (κ3) is 87.5. The van der Waals surface area contributed by atoms with Crippen LogP contribution in [-0.4, -0.2) is 36.8 Å². The van der Waals surface area contributed by atoms with E-state index in [4.69, 9.17) is 44.1 Å². The van der Waals surface area contributed by atoms with E-state index >= 15 is 0 Å². The quantitative estimate of drug-likeness (QED) is 0.279. The molecule has 0 aliphatic carbocycles. The minimum atomic E-state index is -1.68. The van der Waals surface area contributed by atoms with Gasteiger partial charge in [-0.3, -0.25) is 14.4 Å². The van der Waals surface area contributed by atoms with Crippen LogP contribution in [0.2, 0.25) is 0 Å². The Labute approximate surface area is 104 Å². The summed E-state index contributed by atoms with van der Waals surface area (Å²) in [6.45, 7) is 0. The second kappa shape index (κ2) is 18.9. The topological polar surface area (TPSA) is 172 Å². The molecule has 86 valence electrons. The Morgan fingerprint density at radius 3 is 0.688 bits per heavy atom. The molecule has 0 amide bonds. The van der Waals surface area contributed by atoms with Gasteiger partial charge in [0, 0.05) is 0 Å². The third-order valence-electron chi connectivity index (χ3n) is 0.289. The first-order valence-corrected chi connectivity index (χ1v) is 2.80. The summed E-state index contributed by atoms with van der Waals surface area (Å²) in [5.41, 5.74) is 0. The van der Waals surface area contributed by atoms with Gasteiger partial charge in [-0.25, -0.2) is 0 Å². The van der Waals surface area contributed by atoms with Crippen molar-refractivity contribution in [1.29, 1.82) is 0 Å². The number of hydrogen-bond acceptors (Lipinski definition) is 9. The van der Waals surface area contributed by atoms with Crippen molar-refractivity contribution in [3.8, 4) is 0 Å². The smallest absolute Gasteiger partial charge is 0.542 e. The number of rotatable bonds is 3. The van der Waals surface area contributed by atoms with E-state index in [1.54, 1.807) is 0 Å². The van der Waals surface area contributed by atoms with E-state index in [0.717, 1.165) is 0 Å². The average molecular weight is 312 g/mol. The number of hydrogen-bond donors (Lipinski definition) is 0. The number of carbonyl (C=O) groups excluding carboxylic acids is 6. The largest absolute Gasteiger partial charge is 3.00 e. The van der Waals surface area contributed by atoms with Gasteiger partial charge < -0.3 is 29.7 Å². The van der Waals surface area contributed by atoms with Crippen LogP contribution in [0.4, 0.5) is 0 Å². The number of carboxylic acid groups (broad SMARTS) is 3. The van der Waals surface area contributed by atoms with Crippen molar-refractivity contribution in [2.45, 2.75) is 0 Å². The monoisotopic (exact) mass is 312 g/mol. The van der Waals surface area contributed by atoms with Gasteiger partial charge in [0.2, 0.25) is 0 Å². The van der Waals surface area contributed by atoms with Crippen molar-refractivity contribution < 1.29 is 66.5 Å². The summed E-state index contributed by atoms with van der Waals surface area (Å²) in [4.78, 5) is 53.2. The summed E-state index contributed by atoms with van der Waals surface area (Å²) in [7, 11) is 0. The molecule has 9 nitrogen and oxygen atoms in total. The standard InChI is InChI=1S/3C2H2O3.Nb/c3*3-1-2(4)5;/h3*1H,(H,4,5);/q;;;+3/p-3. The predicted octanol–water partition coefficient (Wildman–Crippen LogP) is -6.20. The van der Waals surface area contributed by atoms with Gasteiger partial charge in [0.25, 0.3) is 0 Å². The fourth-order valence-electron chi connectivity index (χ4n) is 0. The predicted molar refractivity (Wildman–Crippen MR) is 33.2 cm³/mol. The summed E-state index contributed by atoms with van der Waals surface area (Å²) in [6, 6.07) is 0. The van der Waals surface area contributed by atoms with Crippen molar-refractivity contribution in [3.63, 3.8) is 0 Å². The van der Waals surface area contributed by atoms with Crippen LogP contribution in [0.5, 0.6) is 0 Å². The van der Waals surface area contributed by atoms with Gasteiger partial charge in [-0.15, -0.1) is 0 Å². The van der Waals surface area contributed by atoms with E-state index in [9.17, 15) is 0 Å². The number of carbonyl (C=O) groups is 6. The Morgan fingerprint density at radius 1 is 0.625 bits per heavy atom. The zero-order valence-corrected chi connectivity index (χ0v) is 9.55. The molecule has 0 radical (unpaired) electrons. The zero-order valence-electron chi connectivity index (χ0n) is 7.35. The second-order valence-electron chi connectivity index (χ2n) is 1.31. The van der Waals surface area contributed by atoms with Crippen LogP contribution in [0.25, 0.3) is 0 Å². The molecule has 0 atom stereocenters. The molecule has 0 unspecified atom stereocenters. The number of carboxylic acids is 3. The molecular weight excluding hydrogens is 309 g/mol. The fourth-order valence-corrected chi connectivity index (χ4v) is 0. The summed E-state index contributed by atoms with van der Waals surface area (Å²) in [6.07, 6.45) is -0.833. The Bertz CT molecular complexity index is 216. The Hall–Kier alpha value is -1.84. The van der Waals surface area contributed by atoms with Gasteiger partial charge in [0.15, 0.2) is 18.9 Å². The Morgan fingerprint density at radius 2 is 0.688 bits per heavy atom. The van der Waals surface area contributed by atoms with Gasteiger partial charge in [-0.2, -0.15) is 0 Å². The minimum Gasteiger partial charge on any atom is -0.542 e. The molecule has 0 fully saturated rings. The van der Waals surface area contributed by atoms with Crippen molar-refractivity contribution >= 4 is 36.8 Å². The SMILES string of the molecule is O=CC(=O)[O-].O=CC(=O)[O-].O=CC(=O)[O-].[Nb+3]. The molecular formula is C6H3NbO9. The molecule has 0 aromatic heterocycles. The van der Waals surface area contributed by atoms with Crippen molar-refractivity contribution in [2.75, 3.05) is 0 Å². The molecule has 16 heavy (non-hydrogen) atoms. The van der Waals surface area contributed by atoms with Crippen LogP contribution in [0.1, 0.15) is 0 Å². The third-order valence-corrected chi connectivity index (χ3v) is 0.289. The molecule has 0 aliphatic heterocycles. The first-order chi connectivity index (χ1) is 6.81. The van der Waals surface area contributed by atoms with E-state index in [2.05, 4.69) is 0 Å². The Kier molecular flexibility index (Phi) is 28.0. The molecule has 0 N–H and O–H groups in total. The van der Waals surface area contributed by atoms with Gasteiger partial charge in [0.05, 0.1) is 0 Å². The second-order valence-corrected chi connectivity index (χ2v) is 1.31. The molecule has 0 spiro atoms. The number of aldehydes is 3. The van der Waals surface area contributed by atoms with Gasteiger partial charge in [-0.1, -0.05) is 0 Å². The molecule has 0 aliphatic rings. The van der Waals surface area contributed by atoms with E-state index in [1.165, 1.54) is 0 Å². The first-order valence-electron chi connectivity index (χ1n) is 2.80. The fraction of sp³-hybridized carbons (Fsp3) is 0. The van der Waals surface area contributed by atoms with Crippen LogP contribution >= 0.6 is 0 Å². The molecule has 0 aromatic rings. The molecule has 0 heterocycles. The molecule has 0 aromatic carbocycles. The summed E-state index contributed by atoms with van der Waals surface area (Å²) < 4.78 is 0. The molecule has 0 saturated carbocycles. The maximum Gasteiger partial charge on any atom is 3.00 e. The van der Waals surface area contributed by atoms with Crippen LogP contribution in [0.3, 0.4) is 0 Å². The average Bonchev–Trinajstić information content (AvgIpc) is 2.19. The number of aliphatic carboxylic acids is 3. The maximum absolute atomic E-state index is 8.89. The molecule has 0 saturated heterocycles. The molecule has 0 bridgehead atoms. The Balaban J connectivity index is -0.0000000655. The van der Waals surface area contributed by atoms with Crippen LogP contribution in [0.15, 0.2) is 0 Å². The molecule has 10 heteroatoms. The van der Waals surface area contributed by atoms with E-state index in [-0.39, 0.29) is 41.2 Å². The van der Waals surface area contributed by atoms with Gasteiger partial charge in [-0.05, 0) is 0 Å². The van der Waals surface area contributed by atoms with Gasteiger partial charge in [0.1, 0.15) is 17.9 Å². The van der Waals surface area contributed by atoms with Crippen molar-refractivity contribution in [1.82, 2.24) is 0 Å². The normalized spacial score (nSPS) is 6.00. The van der Waals surface area contributed by atoms with Crippen molar-refractivity contribution in [2.24, 2.45) is 0 Å². The van der Waals surface area contributed by atoms with Crippen molar-refractivity contribution in [3.05, 3.63) is 0 Å². The van der Waals surface area contributed by atoms with Crippen LogP contribution in [0, 0.1) is 0 Å². The summed E-state index contributed by atoms with van der Waals surface area (Å²) in [5.74, 6) is -5.03. The van der Waals surface area contributed by atoms with Gasteiger partial charge >= 0.3 is 22.4 Å². The summed E-state index contributed by atoms with van der Waals surface area (Å²) in [5, 5.41) is 26.7. The molecule has 0 rings (SSSR count). The minimum absolute atomic E-state index is 0. The zero-order chi connectivity index (χ0) is 12.9. The van der Waals surface area contributed by atoms with E-state index in [0.29, 0.717) is 0 Å².